The van der Waals surface area contributed by atoms with Crippen LogP contribution in [0.25, 0.3) is 0 Å². The Balaban J connectivity index is 1.62. The first-order valence-electron chi connectivity index (χ1n) is 9.33. The first-order chi connectivity index (χ1) is 13.4. The summed E-state index contributed by atoms with van der Waals surface area (Å²) in [5.74, 6) is 1.36. The van der Waals surface area contributed by atoms with Gasteiger partial charge in [0.05, 0.1) is 24.4 Å². The van der Waals surface area contributed by atoms with Gasteiger partial charge in [0.15, 0.2) is 0 Å². The minimum atomic E-state index is -3.49. The molecule has 0 radical (unpaired) electrons. The third-order valence-corrected chi connectivity index (χ3v) is 8.31. The van der Waals surface area contributed by atoms with E-state index in [2.05, 4.69) is 15.3 Å². The Labute approximate surface area is 170 Å². The average Bonchev–Trinajstić information content (AvgIpc) is 3.38. The Bertz CT molecular complexity index is 900. The van der Waals surface area contributed by atoms with E-state index in [-0.39, 0.29) is 12.0 Å². The van der Waals surface area contributed by atoms with Gasteiger partial charge < -0.3 is 4.74 Å². The Morgan fingerprint density at radius 2 is 1.96 bits per heavy atom. The van der Waals surface area contributed by atoms with Gasteiger partial charge in [-0.3, -0.25) is 4.90 Å². The maximum atomic E-state index is 13.0. The maximum Gasteiger partial charge on any atom is 0.282 e. The lowest BCUT2D eigenvalue weighted by atomic mass is 9.90. The second kappa shape index (κ2) is 7.72. The van der Waals surface area contributed by atoms with Crippen molar-refractivity contribution in [2.45, 2.75) is 12.6 Å². The molecular weight excluding hydrogens is 396 g/mol. The number of hydrogen-bond acceptors (Lipinski definition) is 6. The molecule has 9 heteroatoms. The summed E-state index contributed by atoms with van der Waals surface area (Å²) in [6, 6.07) is 7.64. The molecule has 0 bridgehead atoms. The molecule has 2 fully saturated rings. The summed E-state index contributed by atoms with van der Waals surface area (Å²) >= 11 is 1.61. The molecule has 4 rings (SSSR count). The van der Waals surface area contributed by atoms with Crippen molar-refractivity contribution in [2.75, 3.05) is 40.8 Å². The minimum Gasteiger partial charge on any atom is -0.497 e. The Morgan fingerprint density at radius 1 is 1.21 bits per heavy atom. The summed E-state index contributed by atoms with van der Waals surface area (Å²) in [6.07, 6.45) is 0. The average molecular weight is 423 g/mol. The van der Waals surface area contributed by atoms with Gasteiger partial charge in [0.25, 0.3) is 10.2 Å². The topological polar surface area (TPSA) is 66.0 Å². The van der Waals surface area contributed by atoms with Gasteiger partial charge in [-0.25, -0.2) is 4.98 Å². The Morgan fingerprint density at radius 3 is 2.57 bits per heavy atom. The number of fused-ring (bicyclic) bond motifs is 1. The number of thiazole rings is 1. The number of ether oxygens (including phenoxy) is 1. The molecule has 0 N–H and O–H groups in total. The van der Waals surface area contributed by atoms with E-state index in [1.165, 1.54) is 4.31 Å². The minimum absolute atomic E-state index is 0.163. The van der Waals surface area contributed by atoms with Crippen LogP contribution < -0.4 is 4.74 Å². The molecule has 2 aliphatic heterocycles. The molecule has 0 aliphatic carbocycles. The lowest BCUT2D eigenvalue weighted by molar-refractivity contribution is 0.252. The van der Waals surface area contributed by atoms with Gasteiger partial charge in [-0.15, -0.1) is 11.3 Å². The third-order valence-electron chi connectivity index (χ3n) is 5.78. The van der Waals surface area contributed by atoms with Gasteiger partial charge in [-0.1, -0.05) is 12.1 Å². The third kappa shape index (κ3) is 3.57. The Hall–Kier alpha value is -1.52. The SMILES string of the molecule is COc1ccc([C@H]2[C@H]3CN(Cc4cscn4)C[C@H]3CN2S(=O)(=O)N(C)C)cc1. The molecule has 3 atom stereocenters. The normalized spacial score (nSPS) is 26.1. The van der Waals surface area contributed by atoms with E-state index >= 15 is 0 Å². The highest BCUT2D eigenvalue weighted by Crippen LogP contribution is 2.47. The fourth-order valence-corrected chi connectivity index (χ4v) is 6.35. The van der Waals surface area contributed by atoms with Crippen LogP contribution in [0.2, 0.25) is 0 Å². The molecule has 0 spiro atoms. The van der Waals surface area contributed by atoms with E-state index in [4.69, 9.17) is 4.74 Å². The fraction of sp³-hybridized carbons (Fsp3) is 0.526. The predicted molar refractivity (Wildman–Crippen MR) is 109 cm³/mol. The van der Waals surface area contributed by atoms with Gasteiger partial charge in [0.2, 0.25) is 0 Å². The number of rotatable bonds is 6. The maximum absolute atomic E-state index is 13.0. The largest absolute Gasteiger partial charge is 0.497 e. The highest BCUT2D eigenvalue weighted by molar-refractivity contribution is 7.86. The number of likely N-dealkylation sites (tertiary alicyclic amines) is 1. The van der Waals surface area contributed by atoms with Gasteiger partial charge in [-0.2, -0.15) is 17.0 Å². The quantitative estimate of drug-likeness (QED) is 0.713. The smallest absolute Gasteiger partial charge is 0.282 e. The van der Waals surface area contributed by atoms with E-state index in [9.17, 15) is 8.42 Å². The number of methoxy groups -OCH3 is 1. The van der Waals surface area contributed by atoms with Crippen LogP contribution in [0.1, 0.15) is 17.3 Å². The second-order valence-corrected chi connectivity index (χ2v) is 10.5. The molecule has 0 unspecified atom stereocenters. The van der Waals surface area contributed by atoms with E-state index in [0.29, 0.717) is 12.5 Å². The van der Waals surface area contributed by atoms with Gasteiger partial charge in [0.1, 0.15) is 5.75 Å². The van der Waals surface area contributed by atoms with Crippen LogP contribution in [0.3, 0.4) is 0 Å². The van der Waals surface area contributed by atoms with Crippen molar-refractivity contribution in [1.29, 1.82) is 0 Å². The summed E-state index contributed by atoms with van der Waals surface area (Å²) in [4.78, 5) is 6.80. The van der Waals surface area contributed by atoms with Gasteiger partial charge in [0, 0.05) is 45.7 Å². The molecule has 2 aromatic rings. The molecule has 1 aromatic carbocycles. The van der Waals surface area contributed by atoms with E-state index in [1.54, 1.807) is 36.8 Å². The summed E-state index contributed by atoms with van der Waals surface area (Å²) in [5.41, 5.74) is 3.97. The van der Waals surface area contributed by atoms with Crippen molar-refractivity contribution in [1.82, 2.24) is 18.5 Å². The highest BCUT2D eigenvalue weighted by atomic mass is 32.2. The van der Waals surface area contributed by atoms with Crippen LogP contribution in [0.4, 0.5) is 0 Å². The molecule has 28 heavy (non-hydrogen) atoms. The number of aromatic nitrogens is 1. The summed E-state index contributed by atoms with van der Waals surface area (Å²) < 4.78 is 34.3. The number of nitrogens with zero attached hydrogens (tertiary/aromatic N) is 4. The molecule has 0 saturated carbocycles. The molecule has 7 nitrogen and oxygen atoms in total. The molecule has 152 valence electrons. The fourth-order valence-electron chi connectivity index (χ4n) is 4.43. The van der Waals surface area contributed by atoms with E-state index in [1.807, 2.05) is 29.8 Å². The van der Waals surface area contributed by atoms with E-state index in [0.717, 1.165) is 36.6 Å². The molecule has 3 heterocycles. The molecule has 2 saturated heterocycles. The number of hydrogen-bond donors (Lipinski definition) is 0. The predicted octanol–water partition coefficient (Wildman–Crippen LogP) is 2.06. The van der Waals surface area contributed by atoms with Crippen LogP contribution in [-0.4, -0.2) is 67.8 Å². The van der Waals surface area contributed by atoms with Crippen LogP contribution in [0, 0.1) is 11.8 Å². The standard InChI is InChI=1S/C19H26N4O3S2/c1-21(2)28(24,25)23-9-15-8-22(10-16-12-27-13-20-16)11-18(15)19(23)14-4-6-17(26-3)7-5-14/h4-7,12-13,15,18-19H,8-11H2,1-3H3/t15-,18-,19-/m0/s1. The van der Waals surface area contributed by atoms with Crippen molar-refractivity contribution >= 4 is 21.5 Å². The van der Waals surface area contributed by atoms with Crippen molar-refractivity contribution in [2.24, 2.45) is 11.8 Å². The van der Waals surface area contributed by atoms with Gasteiger partial charge >= 0.3 is 0 Å². The Kier molecular flexibility index (Phi) is 5.45. The zero-order valence-electron chi connectivity index (χ0n) is 16.4. The van der Waals surface area contributed by atoms with Crippen LogP contribution >= 0.6 is 11.3 Å². The summed E-state index contributed by atoms with van der Waals surface area (Å²) in [6.45, 7) is 3.15. The first kappa shape index (κ1) is 19.8. The molecule has 2 aliphatic rings. The zero-order chi connectivity index (χ0) is 19.9. The van der Waals surface area contributed by atoms with Crippen LogP contribution in [0.5, 0.6) is 5.75 Å². The molecule has 0 amide bonds. The van der Waals surface area contributed by atoms with E-state index < -0.39 is 10.2 Å². The van der Waals surface area contributed by atoms with Crippen LogP contribution in [0.15, 0.2) is 35.2 Å². The van der Waals surface area contributed by atoms with Crippen molar-refractivity contribution in [3.63, 3.8) is 0 Å². The van der Waals surface area contributed by atoms with Crippen molar-refractivity contribution in [3.8, 4) is 5.75 Å². The monoisotopic (exact) mass is 422 g/mol. The first-order valence-corrected chi connectivity index (χ1v) is 11.7. The van der Waals surface area contributed by atoms with Crippen molar-refractivity contribution in [3.05, 3.63) is 46.4 Å². The summed E-state index contributed by atoms with van der Waals surface area (Å²) in [5, 5.41) is 2.08. The second-order valence-electron chi connectivity index (χ2n) is 7.68. The highest BCUT2D eigenvalue weighted by Gasteiger charge is 2.51. The van der Waals surface area contributed by atoms with Crippen molar-refractivity contribution < 1.29 is 13.2 Å². The van der Waals surface area contributed by atoms with Crippen LogP contribution in [-0.2, 0) is 16.8 Å². The summed E-state index contributed by atoms with van der Waals surface area (Å²) in [7, 11) is 1.34. The number of benzene rings is 1. The zero-order valence-corrected chi connectivity index (χ0v) is 18.0. The molecular formula is C19H26N4O3S2. The van der Waals surface area contributed by atoms with Gasteiger partial charge in [-0.05, 0) is 29.5 Å². The lowest BCUT2D eigenvalue weighted by Gasteiger charge is -2.31. The lowest BCUT2D eigenvalue weighted by Crippen LogP contribution is -2.42. The molecule has 1 aromatic heterocycles.